The summed E-state index contributed by atoms with van der Waals surface area (Å²) in [6.07, 6.45) is 0. The molecule has 0 aliphatic carbocycles. The third-order valence-electron chi connectivity index (χ3n) is 0.398. The van der Waals surface area contributed by atoms with Crippen LogP contribution in [0.15, 0.2) is 0 Å². The lowest BCUT2D eigenvalue weighted by Crippen LogP contribution is -2.31. The summed E-state index contributed by atoms with van der Waals surface area (Å²) in [5.74, 6) is -1.42. The van der Waals surface area contributed by atoms with E-state index in [0.717, 1.165) is 0 Å². The molecular weight excluding hydrogens is 96.0 g/mol. The Morgan fingerprint density at radius 1 is 1.57 bits per heavy atom. The predicted octanol–water partition coefficient (Wildman–Crippen LogP) is -0.530. The Balaban J connectivity index is 3.79. The molecule has 7 heavy (non-hydrogen) atoms. The Morgan fingerprint density at radius 3 is 1.71 bits per heavy atom. The molecule has 0 aliphatic rings. The molecule has 0 rings (SSSR count). The van der Waals surface area contributed by atoms with Crippen molar-refractivity contribution in [1.29, 1.82) is 0 Å². The number of hydrogen-bond acceptors (Lipinski definition) is 2. The summed E-state index contributed by atoms with van der Waals surface area (Å²) >= 11 is 0. The van der Waals surface area contributed by atoms with Gasteiger partial charge < -0.3 is 10.2 Å². The predicted molar refractivity (Wildman–Crippen MR) is 23.3 cm³/mol. The third kappa shape index (κ3) is 2.17. The van der Waals surface area contributed by atoms with E-state index in [1.165, 1.54) is 0 Å². The Kier molecular flexibility index (Phi) is 1.38. The maximum Gasteiger partial charge on any atom is 0.335 e. The molecule has 0 saturated heterocycles. The lowest BCUT2D eigenvalue weighted by molar-refractivity contribution is -0.149. The third-order valence-corrected chi connectivity index (χ3v) is 0.398. The van der Waals surface area contributed by atoms with Gasteiger partial charge in [-0.05, 0) is 13.8 Å². The fourth-order valence-corrected chi connectivity index (χ4v) is 0. The maximum absolute atomic E-state index is 9.65. The van der Waals surface area contributed by atoms with Crippen molar-refractivity contribution < 1.29 is 15.0 Å². The quantitative estimate of drug-likeness (QED) is 0.468. The number of hydrogen-bond donors (Lipinski definition) is 2. The lowest BCUT2D eigenvalue weighted by atomic mass is 10.1. The van der Waals surface area contributed by atoms with Crippen molar-refractivity contribution in [3.8, 4) is 0 Å². The molecule has 0 aromatic carbocycles. The molecule has 0 heterocycles. The molecule has 0 fully saturated rings. The van der Waals surface area contributed by atoms with E-state index in [4.69, 9.17) is 10.2 Å². The fourth-order valence-electron chi connectivity index (χ4n) is 0. The van der Waals surface area contributed by atoms with Crippen molar-refractivity contribution in [2.45, 2.75) is 5.60 Å². The number of carboxylic acids is 1. The zero-order chi connectivity index (χ0) is 6.08. The molecule has 2 N–H and O–H groups in total. The van der Waals surface area contributed by atoms with Crippen molar-refractivity contribution in [2.75, 3.05) is 0 Å². The van der Waals surface area contributed by atoms with Crippen molar-refractivity contribution in [3.05, 3.63) is 13.8 Å². The van der Waals surface area contributed by atoms with Crippen LogP contribution in [0, 0.1) is 13.8 Å². The molecule has 0 aliphatic heterocycles. The highest BCUT2D eigenvalue weighted by atomic mass is 16.4. The van der Waals surface area contributed by atoms with Crippen LogP contribution in [0.3, 0.4) is 0 Å². The van der Waals surface area contributed by atoms with Crippen molar-refractivity contribution >= 4 is 5.97 Å². The van der Waals surface area contributed by atoms with Gasteiger partial charge in [-0.3, -0.25) is 0 Å². The second-order valence-electron chi connectivity index (χ2n) is 1.34. The summed E-state index contributed by atoms with van der Waals surface area (Å²) in [6, 6.07) is 0. The van der Waals surface area contributed by atoms with Crippen LogP contribution in [-0.4, -0.2) is 21.8 Å². The number of aliphatic hydroxyl groups is 1. The molecule has 0 bridgehead atoms. The van der Waals surface area contributed by atoms with Gasteiger partial charge in [0.25, 0.3) is 0 Å². The monoisotopic (exact) mass is 102 g/mol. The van der Waals surface area contributed by atoms with Gasteiger partial charge in [0.05, 0.1) is 0 Å². The minimum Gasteiger partial charge on any atom is -0.479 e. The summed E-state index contributed by atoms with van der Waals surface area (Å²) < 4.78 is 0. The molecule has 0 unspecified atom stereocenters. The van der Waals surface area contributed by atoms with Crippen LogP contribution >= 0.6 is 0 Å². The number of rotatable bonds is 1. The smallest absolute Gasteiger partial charge is 0.335 e. The highest BCUT2D eigenvalue weighted by molar-refractivity contribution is 5.78. The van der Waals surface area contributed by atoms with Crippen molar-refractivity contribution in [3.63, 3.8) is 0 Å². The van der Waals surface area contributed by atoms with E-state index in [0.29, 0.717) is 0 Å². The Labute approximate surface area is 41.6 Å². The second kappa shape index (κ2) is 1.50. The van der Waals surface area contributed by atoms with Crippen LogP contribution in [0.2, 0.25) is 0 Å². The summed E-state index contributed by atoms with van der Waals surface area (Å²) in [5.41, 5.74) is -2.08. The summed E-state index contributed by atoms with van der Waals surface area (Å²) in [4.78, 5) is 9.65. The number of carboxylic acid groups (broad SMARTS) is 1. The number of carbonyl (C=O) groups is 1. The molecule has 0 saturated carbocycles. The molecule has 0 aromatic rings. The minimum atomic E-state index is -2.08. The summed E-state index contributed by atoms with van der Waals surface area (Å²) in [5, 5.41) is 16.1. The van der Waals surface area contributed by atoms with Crippen LogP contribution in [0.5, 0.6) is 0 Å². The van der Waals surface area contributed by atoms with Crippen molar-refractivity contribution in [1.82, 2.24) is 0 Å². The van der Waals surface area contributed by atoms with Gasteiger partial charge in [0.15, 0.2) is 5.60 Å². The Hall–Kier alpha value is -0.570. The highest BCUT2D eigenvalue weighted by Gasteiger charge is 2.22. The lowest BCUT2D eigenvalue weighted by Gasteiger charge is -2.07. The first-order valence-corrected chi connectivity index (χ1v) is 1.61. The van der Waals surface area contributed by atoms with E-state index in [1.807, 2.05) is 0 Å². The van der Waals surface area contributed by atoms with Crippen LogP contribution in [0.1, 0.15) is 0 Å². The molecule has 0 spiro atoms. The van der Waals surface area contributed by atoms with Crippen LogP contribution in [0.4, 0.5) is 0 Å². The molecule has 3 heteroatoms. The van der Waals surface area contributed by atoms with Gasteiger partial charge in [-0.15, -0.1) is 0 Å². The first-order chi connectivity index (χ1) is 2.94. The SMILES string of the molecule is [CH2]C([CH2])(O)C(=O)O. The van der Waals surface area contributed by atoms with Gasteiger partial charge in [-0.1, -0.05) is 0 Å². The fraction of sp³-hybridized carbons (Fsp3) is 0.250. The standard InChI is InChI=1S/C4H6O3/c1-4(2,7)3(5)6/h7H,1-2H2,(H,5,6). The molecule has 0 amide bonds. The second-order valence-corrected chi connectivity index (χ2v) is 1.34. The van der Waals surface area contributed by atoms with E-state index in [2.05, 4.69) is 13.8 Å². The number of aliphatic carboxylic acids is 1. The molecule has 2 radical (unpaired) electrons. The zero-order valence-corrected chi connectivity index (χ0v) is 3.72. The molecular formula is C4H6O3. The average Bonchev–Trinajstić information content (AvgIpc) is 1.31. The van der Waals surface area contributed by atoms with Gasteiger partial charge in [-0.25, -0.2) is 4.79 Å². The van der Waals surface area contributed by atoms with Crippen molar-refractivity contribution in [2.24, 2.45) is 0 Å². The molecule has 0 aromatic heterocycles. The van der Waals surface area contributed by atoms with E-state index in [9.17, 15) is 4.79 Å². The average molecular weight is 102 g/mol. The van der Waals surface area contributed by atoms with Crippen LogP contribution in [-0.2, 0) is 4.79 Å². The summed E-state index contributed by atoms with van der Waals surface area (Å²) in [7, 11) is 0. The van der Waals surface area contributed by atoms with Gasteiger partial charge in [0, 0.05) is 0 Å². The zero-order valence-electron chi connectivity index (χ0n) is 3.72. The van der Waals surface area contributed by atoms with Gasteiger partial charge >= 0.3 is 5.97 Å². The normalized spacial score (nSPS) is 11.3. The molecule has 0 atom stereocenters. The maximum atomic E-state index is 9.65. The van der Waals surface area contributed by atoms with Gasteiger partial charge in [0.1, 0.15) is 0 Å². The summed E-state index contributed by atoms with van der Waals surface area (Å²) in [6.45, 7) is 5.63. The Morgan fingerprint density at radius 2 is 1.71 bits per heavy atom. The van der Waals surface area contributed by atoms with E-state index in [1.54, 1.807) is 0 Å². The molecule has 3 nitrogen and oxygen atoms in total. The van der Waals surface area contributed by atoms with E-state index < -0.39 is 11.6 Å². The largest absolute Gasteiger partial charge is 0.479 e. The van der Waals surface area contributed by atoms with E-state index in [-0.39, 0.29) is 0 Å². The highest BCUT2D eigenvalue weighted by Crippen LogP contribution is 1.96. The minimum absolute atomic E-state index is 1.42. The van der Waals surface area contributed by atoms with Gasteiger partial charge in [-0.2, -0.15) is 0 Å². The Bertz CT molecular complexity index is 79.4. The molecule has 40 valence electrons. The van der Waals surface area contributed by atoms with E-state index >= 15 is 0 Å². The van der Waals surface area contributed by atoms with Crippen LogP contribution in [0.25, 0.3) is 0 Å². The first-order valence-electron chi connectivity index (χ1n) is 1.61. The van der Waals surface area contributed by atoms with Crippen LogP contribution < -0.4 is 0 Å². The van der Waals surface area contributed by atoms with Gasteiger partial charge in [0.2, 0.25) is 0 Å². The first kappa shape index (κ1) is 6.43. The topological polar surface area (TPSA) is 57.5 Å².